The Morgan fingerprint density at radius 3 is 1.23 bits per heavy atom. The van der Waals surface area contributed by atoms with Crippen molar-refractivity contribution in [3.63, 3.8) is 0 Å². The first-order chi connectivity index (χ1) is 12.6. The molecule has 0 aromatic carbocycles. The largest absolute Gasteiger partial charge is 0.458 e. The third-order valence-corrected chi connectivity index (χ3v) is 4.63. The van der Waals surface area contributed by atoms with Crippen LogP contribution in [0.3, 0.4) is 0 Å². The Morgan fingerprint density at radius 1 is 0.577 bits per heavy atom. The molecule has 2 unspecified atom stereocenters. The van der Waals surface area contributed by atoms with E-state index in [-0.39, 0.29) is 24.1 Å². The maximum Gasteiger partial charge on any atom is 0.306 e. The summed E-state index contributed by atoms with van der Waals surface area (Å²) in [7, 11) is 0. The van der Waals surface area contributed by atoms with Gasteiger partial charge in [0, 0.05) is 12.8 Å². The average Bonchev–Trinajstić information content (AvgIpc) is 2.62. The summed E-state index contributed by atoms with van der Waals surface area (Å²) in [5.41, 5.74) is 0. The molecule has 4 nitrogen and oxygen atoms in total. The fourth-order valence-corrected chi connectivity index (χ4v) is 2.95. The topological polar surface area (TPSA) is 52.6 Å². The Labute approximate surface area is 161 Å². The summed E-state index contributed by atoms with van der Waals surface area (Å²) in [4.78, 5) is 24.4. The molecule has 26 heavy (non-hydrogen) atoms. The summed E-state index contributed by atoms with van der Waals surface area (Å²) in [6.45, 7) is 8.48. The van der Waals surface area contributed by atoms with Gasteiger partial charge in [0.1, 0.15) is 12.2 Å². The van der Waals surface area contributed by atoms with E-state index in [4.69, 9.17) is 9.47 Å². The van der Waals surface area contributed by atoms with E-state index in [1.54, 1.807) is 0 Å². The molecule has 0 aromatic heterocycles. The summed E-state index contributed by atoms with van der Waals surface area (Å²) in [5, 5.41) is 0. The average molecular weight is 371 g/mol. The van der Waals surface area contributed by atoms with Crippen LogP contribution in [0.25, 0.3) is 0 Å². The molecule has 2 atom stereocenters. The van der Waals surface area contributed by atoms with Crippen LogP contribution in [0.1, 0.15) is 118 Å². The third-order valence-electron chi connectivity index (χ3n) is 4.63. The maximum absolute atomic E-state index is 12.2. The van der Waals surface area contributed by atoms with Gasteiger partial charge in [-0.1, -0.05) is 66.2 Å². The standard InChI is InChI=1S/C22H42O4/c1-5-9-13-17-21(23)25-19(15-11-7-3)20(16-12-8-4)26-22(24)18-14-10-6-2/h19-20H,5-18H2,1-4H3. The molecule has 0 fully saturated rings. The number of ether oxygens (including phenoxy) is 2. The Bertz CT molecular complexity index is 320. The number of carbonyl (C=O) groups excluding carboxylic acids is 2. The van der Waals surface area contributed by atoms with Crippen LogP contribution in [0.2, 0.25) is 0 Å². The highest BCUT2D eigenvalue weighted by Crippen LogP contribution is 2.20. The molecule has 0 amide bonds. The van der Waals surface area contributed by atoms with Crippen LogP contribution >= 0.6 is 0 Å². The van der Waals surface area contributed by atoms with E-state index in [9.17, 15) is 9.59 Å². The predicted octanol–water partition coefficient (Wildman–Crippen LogP) is 6.35. The molecule has 0 rings (SSSR count). The van der Waals surface area contributed by atoms with E-state index < -0.39 is 0 Å². The van der Waals surface area contributed by atoms with Crippen molar-refractivity contribution in [1.29, 1.82) is 0 Å². The number of hydrogen-bond acceptors (Lipinski definition) is 4. The van der Waals surface area contributed by atoms with Gasteiger partial charge in [-0.3, -0.25) is 9.59 Å². The predicted molar refractivity (Wildman–Crippen MR) is 107 cm³/mol. The first kappa shape index (κ1) is 24.9. The highest BCUT2D eigenvalue weighted by Gasteiger charge is 2.27. The van der Waals surface area contributed by atoms with Crippen molar-refractivity contribution in [1.82, 2.24) is 0 Å². The molecule has 0 heterocycles. The lowest BCUT2D eigenvalue weighted by Gasteiger charge is -2.27. The fraction of sp³-hybridized carbons (Fsp3) is 0.909. The second kappa shape index (κ2) is 17.4. The number of esters is 2. The Hall–Kier alpha value is -1.06. The summed E-state index contributed by atoms with van der Waals surface area (Å²) < 4.78 is 11.5. The molecule has 0 saturated heterocycles. The van der Waals surface area contributed by atoms with Gasteiger partial charge in [-0.05, 0) is 38.5 Å². The smallest absolute Gasteiger partial charge is 0.306 e. The summed E-state index contributed by atoms with van der Waals surface area (Å²) >= 11 is 0. The van der Waals surface area contributed by atoms with Crippen molar-refractivity contribution in [2.24, 2.45) is 0 Å². The van der Waals surface area contributed by atoms with Crippen LogP contribution in [0, 0.1) is 0 Å². The minimum Gasteiger partial charge on any atom is -0.458 e. The molecule has 0 aromatic rings. The molecule has 0 aliphatic heterocycles. The van der Waals surface area contributed by atoms with Gasteiger partial charge in [0.15, 0.2) is 0 Å². The van der Waals surface area contributed by atoms with Gasteiger partial charge in [-0.15, -0.1) is 0 Å². The van der Waals surface area contributed by atoms with E-state index >= 15 is 0 Å². The SMILES string of the molecule is CCCCCC(=O)OC(CCCC)C(CCCC)OC(=O)CCCCC. The molecule has 0 bridgehead atoms. The quantitative estimate of drug-likeness (QED) is 0.221. The number of rotatable bonds is 17. The van der Waals surface area contributed by atoms with Crippen LogP contribution in [-0.2, 0) is 19.1 Å². The fourth-order valence-electron chi connectivity index (χ4n) is 2.95. The zero-order valence-electron chi connectivity index (χ0n) is 17.7. The maximum atomic E-state index is 12.2. The molecular weight excluding hydrogens is 328 g/mol. The minimum atomic E-state index is -0.300. The third kappa shape index (κ3) is 13.2. The molecule has 0 spiro atoms. The van der Waals surface area contributed by atoms with Gasteiger partial charge in [0.05, 0.1) is 0 Å². The lowest BCUT2D eigenvalue weighted by atomic mass is 10.0. The molecular formula is C22H42O4. The molecule has 0 saturated carbocycles. The van der Waals surface area contributed by atoms with E-state index in [1.165, 1.54) is 0 Å². The van der Waals surface area contributed by atoms with Crippen LogP contribution in [0.4, 0.5) is 0 Å². The lowest BCUT2D eigenvalue weighted by Crippen LogP contribution is -2.35. The molecule has 154 valence electrons. The van der Waals surface area contributed by atoms with Gasteiger partial charge in [0.25, 0.3) is 0 Å². The second-order valence-electron chi connectivity index (χ2n) is 7.26. The normalized spacial score (nSPS) is 13.2. The number of unbranched alkanes of at least 4 members (excludes halogenated alkanes) is 6. The van der Waals surface area contributed by atoms with Gasteiger partial charge in [-0.25, -0.2) is 0 Å². The number of hydrogen-bond donors (Lipinski definition) is 0. The molecule has 4 heteroatoms. The summed E-state index contributed by atoms with van der Waals surface area (Å²) in [6, 6.07) is 0. The summed E-state index contributed by atoms with van der Waals surface area (Å²) in [5.74, 6) is -0.300. The van der Waals surface area contributed by atoms with Crippen LogP contribution in [0.15, 0.2) is 0 Å². The molecule has 0 radical (unpaired) electrons. The van der Waals surface area contributed by atoms with Crippen molar-refractivity contribution in [3.05, 3.63) is 0 Å². The Morgan fingerprint density at radius 2 is 0.923 bits per heavy atom. The minimum absolute atomic E-state index is 0.150. The van der Waals surface area contributed by atoms with Crippen LogP contribution in [0.5, 0.6) is 0 Å². The Balaban J connectivity index is 4.78. The summed E-state index contributed by atoms with van der Waals surface area (Å²) in [6.07, 6.45) is 11.9. The monoisotopic (exact) mass is 370 g/mol. The molecule has 0 aliphatic carbocycles. The van der Waals surface area contributed by atoms with Gasteiger partial charge >= 0.3 is 11.9 Å². The van der Waals surface area contributed by atoms with Crippen molar-refractivity contribution >= 4 is 11.9 Å². The van der Waals surface area contributed by atoms with Crippen molar-refractivity contribution in [2.45, 2.75) is 130 Å². The molecule has 0 aliphatic rings. The van der Waals surface area contributed by atoms with Gasteiger partial charge in [-0.2, -0.15) is 0 Å². The lowest BCUT2D eigenvalue weighted by molar-refractivity contribution is -0.169. The zero-order valence-corrected chi connectivity index (χ0v) is 17.7. The van der Waals surface area contributed by atoms with E-state index in [0.717, 1.165) is 77.0 Å². The second-order valence-corrected chi connectivity index (χ2v) is 7.26. The van der Waals surface area contributed by atoms with Crippen molar-refractivity contribution < 1.29 is 19.1 Å². The highest BCUT2D eigenvalue weighted by atomic mass is 16.6. The zero-order chi connectivity index (χ0) is 19.6. The van der Waals surface area contributed by atoms with Crippen molar-refractivity contribution in [3.8, 4) is 0 Å². The van der Waals surface area contributed by atoms with Crippen LogP contribution in [-0.4, -0.2) is 24.1 Å². The highest BCUT2D eigenvalue weighted by molar-refractivity contribution is 5.70. The van der Waals surface area contributed by atoms with E-state index in [2.05, 4.69) is 27.7 Å². The first-order valence-corrected chi connectivity index (χ1v) is 11.0. The first-order valence-electron chi connectivity index (χ1n) is 11.0. The molecule has 0 N–H and O–H groups in total. The van der Waals surface area contributed by atoms with E-state index in [0.29, 0.717) is 12.8 Å². The van der Waals surface area contributed by atoms with Gasteiger partial charge < -0.3 is 9.47 Å². The van der Waals surface area contributed by atoms with E-state index in [1.807, 2.05) is 0 Å². The van der Waals surface area contributed by atoms with Gasteiger partial charge in [0.2, 0.25) is 0 Å². The van der Waals surface area contributed by atoms with Crippen LogP contribution < -0.4 is 0 Å². The Kier molecular flexibility index (Phi) is 16.7. The number of carbonyl (C=O) groups is 2. The van der Waals surface area contributed by atoms with Crippen molar-refractivity contribution in [2.75, 3.05) is 0 Å².